The van der Waals surface area contributed by atoms with Crippen molar-refractivity contribution in [1.82, 2.24) is 4.90 Å². The zero-order valence-electron chi connectivity index (χ0n) is 30.7. The summed E-state index contributed by atoms with van der Waals surface area (Å²) in [5.74, 6) is 0.552. The molecule has 0 saturated carbocycles. The van der Waals surface area contributed by atoms with E-state index in [0.717, 1.165) is 105 Å². The second kappa shape index (κ2) is 16.6. The van der Waals surface area contributed by atoms with Crippen LogP contribution in [0.5, 0.6) is 0 Å². The normalized spacial score (nSPS) is 17.2. The van der Waals surface area contributed by atoms with Gasteiger partial charge < -0.3 is 16.4 Å². The van der Waals surface area contributed by atoms with Gasteiger partial charge in [0.15, 0.2) is 5.78 Å². The second-order valence-corrected chi connectivity index (χ2v) is 16.5. The summed E-state index contributed by atoms with van der Waals surface area (Å²) >= 11 is 3.34. The van der Waals surface area contributed by atoms with E-state index in [1.54, 1.807) is 22.7 Å². The minimum Gasteiger partial charge on any atom is -0.399 e. The molecule has 2 aliphatic rings. The highest BCUT2D eigenvalue weighted by molar-refractivity contribution is 7.17. The zero-order valence-corrected chi connectivity index (χ0v) is 32.3. The minimum absolute atomic E-state index is 0.00809. The molecule has 0 saturated heterocycles. The Bertz CT molecular complexity index is 1900. The highest BCUT2D eigenvalue weighted by atomic mass is 32.1. The summed E-state index contributed by atoms with van der Waals surface area (Å²) in [6, 6.07) is 24.4. The summed E-state index contributed by atoms with van der Waals surface area (Å²) in [6.45, 7) is 9.55. The summed E-state index contributed by atoms with van der Waals surface area (Å²) < 4.78 is 0. The van der Waals surface area contributed by atoms with Crippen molar-refractivity contribution >= 4 is 57.0 Å². The van der Waals surface area contributed by atoms with Crippen LogP contribution in [0, 0.1) is 17.8 Å². The van der Waals surface area contributed by atoms with Crippen molar-refractivity contribution in [2.45, 2.75) is 91.9 Å². The highest BCUT2D eigenvalue weighted by Crippen LogP contribution is 2.54. The molecule has 2 aromatic carbocycles. The Morgan fingerprint density at radius 3 is 1.73 bits per heavy atom. The van der Waals surface area contributed by atoms with Gasteiger partial charge >= 0.3 is 0 Å². The van der Waals surface area contributed by atoms with Crippen molar-refractivity contribution in [3.8, 4) is 20.9 Å². The van der Waals surface area contributed by atoms with E-state index in [4.69, 9.17) is 11.5 Å². The Kier molecular flexibility index (Phi) is 12.0. The molecule has 1 aliphatic carbocycles. The maximum atomic E-state index is 15.1. The van der Waals surface area contributed by atoms with Crippen LogP contribution in [0.15, 0.2) is 83.9 Å². The molecule has 5 nitrogen and oxygen atoms in total. The maximum Gasteiger partial charge on any atom is 0.259 e. The molecular formula is C44H53N3O2S2. The Labute approximate surface area is 312 Å². The molecule has 1 amide bonds. The summed E-state index contributed by atoms with van der Waals surface area (Å²) in [5.41, 5.74) is 18.7. The van der Waals surface area contributed by atoms with Crippen LogP contribution in [-0.4, -0.2) is 23.1 Å². The number of carbonyl (C=O) groups is 2. The van der Waals surface area contributed by atoms with Crippen LogP contribution in [0.25, 0.3) is 32.2 Å². The fraction of sp³-hybridized carbons (Fsp3) is 0.409. The van der Waals surface area contributed by atoms with Crippen LogP contribution in [-0.2, 0) is 9.59 Å². The van der Waals surface area contributed by atoms with E-state index in [1.165, 1.54) is 12.8 Å². The number of hydrogen-bond donors (Lipinski definition) is 2. The van der Waals surface area contributed by atoms with Gasteiger partial charge in [0.25, 0.3) is 5.91 Å². The molecule has 4 aromatic rings. The average Bonchev–Trinajstić information content (AvgIpc) is 3.93. The van der Waals surface area contributed by atoms with Crippen molar-refractivity contribution < 1.29 is 9.59 Å². The first-order valence-corrected chi connectivity index (χ1v) is 20.7. The molecule has 0 bridgehead atoms. The summed E-state index contributed by atoms with van der Waals surface area (Å²) in [6.07, 6.45) is 10.7. The highest BCUT2D eigenvalue weighted by Gasteiger charge is 2.50. The molecule has 0 fully saturated rings. The SMILES string of the molecule is CCCCCC(CC)CN1C(=O)C2=C(c3ccc(-c4ccc(N)cc4)s3)C(CC(CC)CCCC)C(=O)C2=C1c1ccc(-c2ccc(N)cc2)s1. The number of thiophene rings is 2. The predicted octanol–water partition coefficient (Wildman–Crippen LogP) is 11.7. The number of fused-ring (bicyclic) bond motifs is 1. The first-order chi connectivity index (χ1) is 24.8. The number of nitrogens with zero attached hydrogens (tertiary/aromatic N) is 1. The Morgan fingerprint density at radius 1 is 0.627 bits per heavy atom. The second-order valence-electron chi connectivity index (χ2n) is 14.3. The molecule has 51 heavy (non-hydrogen) atoms. The lowest BCUT2D eigenvalue weighted by Gasteiger charge is -2.27. The number of nitrogens with two attached hydrogens (primary N) is 2. The van der Waals surface area contributed by atoms with Crippen LogP contribution >= 0.6 is 22.7 Å². The van der Waals surface area contributed by atoms with Gasteiger partial charge in [0.05, 0.1) is 21.7 Å². The van der Waals surface area contributed by atoms with Gasteiger partial charge in [-0.2, -0.15) is 0 Å². The van der Waals surface area contributed by atoms with Gasteiger partial charge in [0, 0.05) is 38.5 Å². The molecule has 7 heteroatoms. The average molecular weight is 720 g/mol. The van der Waals surface area contributed by atoms with E-state index >= 15 is 9.59 Å². The molecule has 268 valence electrons. The lowest BCUT2D eigenvalue weighted by atomic mass is 9.84. The zero-order chi connectivity index (χ0) is 36.1. The monoisotopic (exact) mass is 719 g/mol. The number of unbranched alkanes of at least 4 members (excludes halogenated alkanes) is 3. The van der Waals surface area contributed by atoms with Crippen molar-refractivity contribution in [3.63, 3.8) is 0 Å². The molecule has 0 spiro atoms. The minimum atomic E-state index is -0.334. The van der Waals surface area contributed by atoms with Crippen LogP contribution in [0.3, 0.4) is 0 Å². The lowest BCUT2D eigenvalue weighted by molar-refractivity contribution is -0.123. The summed E-state index contributed by atoms with van der Waals surface area (Å²) in [5, 5.41) is 0. The number of benzene rings is 2. The van der Waals surface area contributed by atoms with Crippen LogP contribution in [0.1, 0.15) is 102 Å². The Hall–Kier alpha value is -3.94. The van der Waals surface area contributed by atoms with Crippen molar-refractivity contribution in [1.29, 1.82) is 0 Å². The molecule has 6 rings (SSSR count). The number of ketones is 1. The number of nitrogen functional groups attached to an aromatic ring is 2. The standard InChI is InChI=1S/C44H53N3O2S2/c1-5-9-11-13-29(8-4)27-47-42(38-25-23-36(51-38)31-16-20-33(46)21-17-31)41-40(44(47)49)39(34(43(41)48)26-28(7-3)12-10-6-2)37-24-22-35(50-37)30-14-18-32(45)19-15-30/h14-25,28-29,34H,5-13,26-27,45-46H2,1-4H3. The largest absolute Gasteiger partial charge is 0.399 e. The molecule has 2 aromatic heterocycles. The van der Waals surface area contributed by atoms with E-state index in [0.29, 0.717) is 29.5 Å². The number of hydrogen-bond acceptors (Lipinski definition) is 6. The smallest absolute Gasteiger partial charge is 0.259 e. The van der Waals surface area contributed by atoms with E-state index in [-0.39, 0.29) is 17.6 Å². The first-order valence-electron chi connectivity index (χ1n) is 19.0. The predicted molar refractivity (Wildman–Crippen MR) is 218 cm³/mol. The fourth-order valence-corrected chi connectivity index (χ4v) is 9.94. The number of amides is 1. The van der Waals surface area contributed by atoms with E-state index in [9.17, 15) is 0 Å². The van der Waals surface area contributed by atoms with Gasteiger partial charge in [-0.15, -0.1) is 22.7 Å². The van der Waals surface area contributed by atoms with Gasteiger partial charge in [0.2, 0.25) is 0 Å². The summed E-state index contributed by atoms with van der Waals surface area (Å²) in [4.78, 5) is 36.3. The third kappa shape index (κ3) is 7.80. The molecule has 4 N–H and O–H groups in total. The third-order valence-electron chi connectivity index (χ3n) is 10.8. The van der Waals surface area contributed by atoms with E-state index in [2.05, 4.69) is 52.0 Å². The Morgan fingerprint density at radius 2 is 1.16 bits per heavy atom. The molecule has 3 unspecified atom stereocenters. The van der Waals surface area contributed by atoms with Gasteiger partial charge in [-0.25, -0.2) is 0 Å². The molecule has 1 aliphatic heterocycles. The van der Waals surface area contributed by atoms with Gasteiger partial charge in [-0.1, -0.05) is 103 Å². The van der Waals surface area contributed by atoms with Crippen molar-refractivity contribution in [3.05, 3.63) is 93.7 Å². The number of carbonyl (C=O) groups excluding carboxylic acids is 2. The number of anilines is 2. The van der Waals surface area contributed by atoms with E-state index < -0.39 is 0 Å². The van der Waals surface area contributed by atoms with Crippen LogP contribution < -0.4 is 11.5 Å². The quantitative estimate of drug-likeness (QED) is 0.0840. The van der Waals surface area contributed by atoms with Crippen LogP contribution in [0.2, 0.25) is 0 Å². The molecule has 3 heterocycles. The number of rotatable bonds is 17. The third-order valence-corrected chi connectivity index (χ3v) is 13.2. The maximum absolute atomic E-state index is 15.1. The topological polar surface area (TPSA) is 89.4 Å². The number of allylic oxidation sites excluding steroid dienone is 1. The number of Topliss-reactive ketones (excluding diaryl/α,β-unsaturated/α-hetero) is 1. The summed E-state index contributed by atoms with van der Waals surface area (Å²) in [7, 11) is 0. The van der Waals surface area contributed by atoms with Gasteiger partial charge in [-0.05, 0) is 89.9 Å². The van der Waals surface area contributed by atoms with E-state index in [1.807, 2.05) is 53.4 Å². The fourth-order valence-electron chi connectivity index (χ4n) is 7.75. The lowest BCUT2D eigenvalue weighted by Crippen LogP contribution is -2.31. The van der Waals surface area contributed by atoms with Crippen molar-refractivity contribution in [2.75, 3.05) is 18.0 Å². The van der Waals surface area contributed by atoms with Crippen molar-refractivity contribution in [2.24, 2.45) is 17.8 Å². The molecule has 3 atom stereocenters. The van der Waals surface area contributed by atoms with Gasteiger partial charge in [-0.3, -0.25) is 9.59 Å². The van der Waals surface area contributed by atoms with Crippen LogP contribution in [0.4, 0.5) is 11.4 Å². The molecule has 0 radical (unpaired) electrons. The molecular weight excluding hydrogens is 667 g/mol. The van der Waals surface area contributed by atoms with Gasteiger partial charge in [0.1, 0.15) is 0 Å². The Balaban J connectivity index is 1.50. The first kappa shape index (κ1) is 36.8.